The molecule has 4 rings (SSSR count). The molecule has 136 valence electrons. The third-order valence-electron chi connectivity index (χ3n) is 5.18. The summed E-state index contributed by atoms with van der Waals surface area (Å²) < 4.78 is 5.84. The van der Waals surface area contributed by atoms with Gasteiger partial charge in [-0.1, -0.05) is 48.0 Å². The Morgan fingerprint density at radius 1 is 1.12 bits per heavy atom. The molecule has 0 saturated carbocycles. The Bertz CT molecular complexity index is 781. The van der Waals surface area contributed by atoms with E-state index >= 15 is 0 Å². The first-order chi connectivity index (χ1) is 12.7. The highest BCUT2D eigenvalue weighted by Gasteiger charge is 2.27. The summed E-state index contributed by atoms with van der Waals surface area (Å²) in [5, 5.41) is 0. The van der Waals surface area contributed by atoms with Crippen molar-refractivity contribution in [2.75, 3.05) is 31.4 Å². The predicted molar refractivity (Wildman–Crippen MR) is 107 cm³/mol. The monoisotopic (exact) mass is 349 g/mol. The number of rotatable bonds is 4. The van der Waals surface area contributed by atoms with Gasteiger partial charge in [0.1, 0.15) is 5.84 Å². The van der Waals surface area contributed by atoms with E-state index in [2.05, 4.69) is 72.2 Å². The summed E-state index contributed by atoms with van der Waals surface area (Å²) in [5.41, 5.74) is 4.98. The molecule has 26 heavy (non-hydrogen) atoms. The fourth-order valence-electron chi connectivity index (χ4n) is 3.89. The number of anilines is 1. The van der Waals surface area contributed by atoms with Crippen molar-refractivity contribution in [1.29, 1.82) is 0 Å². The third-order valence-corrected chi connectivity index (χ3v) is 5.18. The van der Waals surface area contributed by atoms with Gasteiger partial charge >= 0.3 is 0 Å². The smallest absolute Gasteiger partial charge is 0.137 e. The number of hydrogen-bond donors (Lipinski definition) is 0. The van der Waals surface area contributed by atoms with Crippen LogP contribution in [0.15, 0.2) is 53.5 Å². The summed E-state index contributed by atoms with van der Waals surface area (Å²) in [6.45, 7) is 7.75. The minimum absolute atomic E-state index is 0.351. The lowest BCUT2D eigenvalue weighted by Gasteiger charge is -2.38. The maximum atomic E-state index is 5.84. The molecule has 2 aromatic rings. The van der Waals surface area contributed by atoms with Gasteiger partial charge in [-0.15, -0.1) is 0 Å². The number of benzene rings is 2. The van der Waals surface area contributed by atoms with Gasteiger partial charge in [-0.05, 0) is 38.3 Å². The molecular formula is C22H27N3O. The summed E-state index contributed by atoms with van der Waals surface area (Å²) in [6, 6.07) is 17.2. The van der Waals surface area contributed by atoms with E-state index in [1.165, 1.54) is 28.8 Å². The molecule has 0 aromatic heterocycles. The number of ether oxygens (including phenoxy) is 1. The van der Waals surface area contributed by atoms with Crippen molar-refractivity contribution in [1.82, 2.24) is 4.90 Å². The van der Waals surface area contributed by atoms with Crippen LogP contribution < -0.4 is 4.90 Å². The first-order valence-electron chi connectivity index (χ1n) is 9.49. The number of nitrogens with zero attached hydrogens (tertiary/aromatic N) is 3. The highest BCUT2D eigenvalue weighted by molar-refractivity contribution is 6.10. The molecule has 1 saturated heterocycles. The molecule has 1 fully saturated rings. The Labute approximate surface area is 156 Å². The molecule has 0 bridgehead atoms. The lowest BCUT2D eigenvalue weighted by molar-refractivity contribution is 0.0739. The van der Waals surface area contributed by atoms with Gasteiger partial charge in [0, 0.05) is 24.4 Å². The first-order valence-corrected chi connectivity index (χ1v) is 9.49. The molecule has 0 aliphatic carbocycles. The van der Waals surface area contributed by atoms with Gasteiger partial charge in [-0.3, -0.25) is 9.89 Å². The summed E-state index contributed by atoms with van der Waals surface area (Å²) in [4.78, 5) is 9.70. The van der Waals surface area contributed by atoms with Crippen molar-refractivity contribution >= 4 is 11.5 Å². The van der Waals surface area contributed by atoms with Crippen LogP contribution in [0, 0.1) is 13.8 Å². The Kier molecular flexibility index (Phi) is 5.05. The molecule has 4 heteroatoms. The van der Waals surface area contributed by atoms with Gasteiger partial charge < -0.3 is 9.64 Å². The molecule has 4 nitrogen and oxygen atoms in total. The lowest BCUT2D eigenvalue weighted by atomic mass is 10.1. The second kappa shape index (κ2) is 7.60. The van der Waals surface area contributed by atoms with Crippen molar-refractivity contribution < 1.29 is 4.74 Å². The number of aryl methyl sites for hydroxylation is 2. The van der Waals surface area contributed by atoms with E-state index in [1.54, 1.807) is 0 Å². The lowest BCUT2D eigenvalue weighted by Crippen LogP contribution is -2.49. The Morgan fingerprint density at radius 3 is 2.69 bits per heavy atom. The molecule has 0 unspecified atom stereocenters. The van der Waals surface area contributed by atoms with E-state index < -0.39 is 0 Å². The van der Waals surface area contributed by atoms with Crippen molar-refractivity contribution in [3.8, 4) is 0 Å². The largest absolute Gasteiger partial charge is 0.377 e. The van der Waals surface area contributed by atoms with Crippen LogP contribution in [0.3, 0.4) is 0 Å². The van der Waals surface area contributed by atoms with E-state index in [0.717, 1.165) is 38.7 Å². The average Bonchev–Trinajstić information content (AvgIpc) is 3.15. The fourth-order valence-corrected chi connectivity index (χ4v) is 3.89. The van der Waals surface area contributed by atoms with Gasteiger partial charge in [-0.25, -0.2) is 0 Å². The zero-order chi connectivity index (χ0) is 17.9. The first kappa shape index (κ1) is 17.3. The van der Waals surface area contributed by atoms with E-state index in [1.807, 2.05) is 0 Å². The highest BCUT2D eigenvalue weighted by Crippen LogP contribution is 2.26. The average molecular weight is 349 g/mol. The van der Waals surface area contributed by atoms with Crippen LogP contribution in [0.4, 0.5) is 5.69 Å². The van der Waals surface area contributed by atoms with Crippen LogP contribution >= 0.6 is 0 Å². The zero-order valence-corrected chi connectivity index (χ0v) is 15.7. The van der Waals surface area contributed by atoms with Crippen LogP contribution in [-0.4, -0.2) is 43.3 Å². The molecule has 0 N–H and O–H groups in total. The van der Waals surface area contributed by atoms with Crippen molar-refractivity contribution in [2.45, 2.75) is 32.8 Å². The summed E-state index contributed by atoms with van der Waals surface area (Å²) in [5.74, 6) is 1.06. The summed E-state index contributed by atoms with van der Waals surface area (Å²) >= 11 is 0. The second-order valence-electron chi connectivity index (χ2n) is 7.34. The minimum atomic E-state index is 0.351. The standard InChI is InChI=1S/C22H27N3O/c1-17-10-11-21(18(2)13-17)25-16-24(14-20-9-6-12-26-20)15-23-22(25)19-7-4-3-5-8-19/h3-5,7-8,10-11,13,20H,6,9,12,14-16H2,1-2H3/t20-/m0/s1. The van der Waals surface area contributed by atoms with E-state index in [-0.39, 0.29) is 0 Å². The number of hydrogen-bond acceptors (Lipinski definition) is 4. The van der Waals surface area contributed by atoms with Crippen molar-refractivity contribution in [2.24, 2.45) is 4.99 Å². The predicted octanol–water partition coefficient (Wildman–Crippen LogP) is 3.97. The number of amidine groups is 1. The van der Waals surface area contributed by atoms with Crippen LogP contribution in [0.1, 0.15) is 29.5 Å². The van der Waals surface area contributed by atoms with Crippen LogP contribution in [0.25, 0.3) is 0 Å². The van der Waals surface area contributed by atoms with Crippen LogP contribution in [-0.2, 0) is 4.74 Å². The highest BCUT2D eigenvalue weighted by atomic mass is 16.5. The zero-order valence-electron chi connectivity index (χ0n) is 15.7. The summed E-state index contributed by atoms with van der Waals surface area (Å²) in [7, 11) is 0. The quantitative estimate of drug-likeness (QED) is 0.836. The molecule has 0 amide bonds. The van der Waals surface area contributed by atoms with E-state index in [4.69, 9.17) is 9.73 Å². The van der Waals surface area contributed by atoms with Crippen molar-refractivity contribution in [3.05, 3.63) is 65.2 Å². The van der Waals surface area contributed by atoms with E-state index in [9.17, 15) is 0 Å². The Hall–Kier alpha value is -2.17. The third kappa shape index (κ3) is 3.67. The second-order valence-corrected chi connectivity index (χ2v) is 7.34. The molecule has 2 aliphatic heterocycles. The number of aliphatic imine (C=N–C) groups is 1. The van der Waals surface area contributed by atoms with Crippen LogP contribution in [0.2, 0.25) is 0 Å². The van der Waals surface area contributed by atoms with Crippen molar-refractivity contribution in [3.63, 3.8) is 0 Å². The van der Waals surface area contributed by atoms with Gasteiger partial charge in [0.05, 0.1) is 19.4 Å². The van der Waals surface area contributed by atoms with E-state index in [0.29, 0.717) is 6.10 Å². The minimum Gasteiger partial charge on any atom is -0.377 e. The Balaban J connectivity index is 1.65. The van der Waals surface area contributed by atoms with Gasteiger partial charge in [-0.2, -0.15) is 0 Å². The molecule has 2 aromatic carbocycles. The normalized spacial score (nSPS) is 21.1. The van der Waals surface area contributed by atoms with Gasteiger partial charge in [0.25, 0.3) is 0 Å². The SMILES string of the molecule is Cc1ccc(N2CN(C[C@@H]3CCCO3)CN=C2c2ccccc2)c(C)c1. The summed E-state index contributed by atoms with van der Waals surface area (Å²) in [6.07, 6.45) is 2.69. The maximum Gasteiger partial charge on any atom is 0.137 e. The molecular weight excluding hydrogens is 322 g/mol. The maximum absolute atomic E-state index is 5.84. The Morgan fingerprint density at radius 2 is 1.96 bits per heavy atom. The molecule has 2 aliphatic rings. The van der Waals surface area contributed by atoms with Crippen LogP contribution in [0.5, 0.6) is 0 Å². The molecule has 0 spiro atoms. The molecule has 2 heterocycles. The molecule has 0 radical (unpaired) electrons. The molecule has 1 atom stereocenters. The topological polar surface area (TPSA) is 28.1 Å². The van der Waals surface area contributed by atoms with Gasteiger partial charge in [0.15, 0.2) is 0 Å². The fraction of sp³-hybridized carbons (Fsp3) is 0.409. The van der Waals surface area contributed by atoms with Gasteiger partial charge in [0.2, 0.25) is 0 Å².